The number of phenolic OH excluding ortho intramolecular Hbond substituents is 1. The lowest BCUT2D eigenvalue weighted by Crippen LogP contribution is -2.61. The molecule has 2 aromatic heterocycles. The number of aliphatic hydroxyl groups is 1. The van der Waals surface area contributed by atoms with E-state index >= 15 is 33.6 Å². The van der Waals surface area contributed by atoms with Gasteiger partial charge in [0, 0.05) is 132 Å². The molecule has 3 fully saturated rings. The van der Waals surface area contributed by atoms with Crippen LogP contribution in [0.4, 0.5) is 0 Å². The summed E-state index contributed by atoms with van der Waals surface area (Å²) in [5.74, 6) is -24.7. The first-order chi connectivity index (χ1) is 63.6. The topological polar surface area (TPSA) is 677 Å². The van der Waals surface area contributed by atoms with Crippen LogP contribution in [0.1, 0.15) is 147 Å². The number of nitrogens with two attached hydrogens (primary N) is 3. The van der Waals surface area contributed by atoms with E-state index in [0.717, 1.165) is 24.5 Å². The second kappa shape index (κ2) is 50.3. The summed E-state index contributed by atoms with van der Waals surface area (Å²) in [5.41, 5.74) is 19.6. The molecule has 5 heterocycles. The molecule has 16 amide bonds. The lowest BCUT2D eigenvalue weighted by molar-refractivity contribution is -0.149. The maximum absolute atomic E-state index is 15.8. The Morgan fingerprint density at radius 1 is 0.507 bits per heavy atom. The summed E-state index contributed by atoms with van der Waals surface area (Å²) in [4.78, 5) is 297. The van der Waals surface area contributed by atoms with Crippen molar-refractivity contribution < 1.29 is 121 Å². The predicted molar refractivity (Wildman–Crippen MR) is 483 cm³/mol. The molecule has 3 aliphatic heterocycles. The predicted octanol–water partition coefficient (Wildman–Crippen LogP) is -2.55. The molecular formula is C89H121N19O25S. The van der Waals surface area contributed by atoms with Gasteiger partial charge < -0.3 is 125 Å². The highest BCUT2D eigenvalue weighted by molar-refractivity contribution is 8.00. The van der Waals surface area contributed by atoms with Gasteiger partial charge in [-0.3, -0.25) is 95.9 Å². The number of aromatic nitrogens is 2. The lowest BCUT2D eigenvalue weighted by atomic mass is 9.90. The molecule has 0 spiro atoms. The van der Waals surface area contributed by atoms with Crippen molar-refractivity contribution in [3.8, 4) is 5.75 Å². The van der Waals surface area contributed by atoms with Gasteiger partial charge in [0.05, 0.1) is 30.9 Å². The Kier molecular flexibility index (Phi) is 39.7. The number of unbranched alkanes of at least 4 members (excludes halogenated alkanes) is 2. The fourth-order valence-electron chi connectivity index (χ4n) is 16.4. The molecule has 15 atom stereocenters. The summed E-state index contributed by atoms with van der Waals surface area (Å²) < 4.78 is 0. The number of primary amides is 2. The van der Waals surface area contributed by atoms with E-state index in [2.05, 4.69) is 57.8 Å². The zero-order valence-corrected chi connectivity index (χ0v) is 76.2. The zero-order valence-electron chi connectivity index (χ0n) is 75.4. The third-order valence-corrected chi connectivity index (χ3v) is 25.0. The minimum atomic E-state index is -1.85. The van der Waals surface area contributed by atoms with Crippen molar-refractivity contribution in [1.82, 2.24) is 82.3 Å². The third-order valence-electron chi connectivity index (χ3n) is 23.9. The van der Waals surface area contributed by atoms with E-state index < -0.39 is 298 Å². The molecular weight excluding hydrogens is 1770 g/mol. The highest BCUT2D eigenvalue weighted by atomic mass is 32.2. The molecule has 0 radical (unpaired) electrons. The van der Waals surface area contributed by atoms with Crippen molar-refractivity contribution in [3.63, 3.8) is 0 Å². The largest absolute Gasteiger partial charge is 0.508 e. The van der Waals surface area contributed by atoms with E-state index in [1.54, 1.807) is 74.8 Å². The Labute approximate surface area is 775 Å². The number of H-pyrrole nitrogens is 2. The first-order valence-electron chi connectivity index (χ1n) is 44.3. The Balaban J connectivity index is 1.21. The number of aromatic amines is 2. The van der Waals surface area contributed by atoms with Gasteiger partial charge in [-0.1, -0.05) is 88.1 Å². The summed E-state index contributed by atoms with van der Waals surface area (Å²) >= 11 is 0.684. The Bertz CT molecular complexity index is 5130. The Morgan fingerprint density at radius 3 is 1.58 bits per heavy atom. The number of ketones is 1. The molecule has 0 saturated carbocycles. The van der Waals surface area contributed by atoms with Gasteiger partial charge >= 0.3 is 17.9 Å². The second-order valence-corrected chi connectivity index (χ2v) is 34.8. The van der Waals surface area contributed by atoms with Crippen LogP contribution in [0.5, 0.6) is 5.75 Å². The van der Waals surface area contributed by atoms with Crippen LogP contribution in [0.15, 0.2) is 85.2 Å². The molecule has 8 rings (SSSR count). The van der Waals surface area contributed by atoms with E-state index in [-0.39, 0.29) is 70.1 Å². The number of carboxylic acids is 3. The van der Waals surface area contributed by atoms with E-state index in [9.17, 15) is 87.9 Å². The molecule has 22 N–H and O–H groups in total. The minimum absolute atomic E-state index is 0.0839. The minimum Gasteiger partial charge on any atom is -0.508 e. The molecule has 5 aromatic rings. The number of amides is 16. The van der Waals surface area contributed by atoms with E-state index in [1.165, 1.54) is 52.3 Å². The summed E-state index contributed by atoms with van der Waals surface area (Å²) in [5, 5.41) is 75.5. The molecule has 45 heteroatoms. The average molecular weight is 1890 g/mol. The molecule has 0 bridgehead atoms. The first-order valence-corrected chi connectivity index (χ1v) is 45.5. The van der Waals surface area contributed by atoms with Gasteiger partial charge in [0.15, 0.2) is 5.78 Å². The van der Waals surface area contributed by atoms with Crippen LogP contribution in [0.25, 0.3) is 21.8 Å². The smallest absolute Gasteiger partial charge is 0.303 e. The number of aromatic hydroxyl groups is 1. The van der Waals surface area contributed by atoms with Gasteiger partial charge in [0.2, 0.25) is 94.5 Å². The number of likely N-dealkylation sites (N-methyl/N-ethyl adjacent to an activating group) is 3. The number of Topliss-reactive ketones (excluding diaryl/α,β-unsaturated/α-hetero) is 1. The molecule has 0 unspecified atom stereocenters. The first kappa shape index (κ1) is 106. The van der Waals surface area contributed by atoms with Crippen molar-refractivity contribution in [2.75, 3.05) is 58.8 Å². The lowest BCUT2D eigenvalue weighted by Gasteiger charge is -2.36. The van der Waals surface area contributed by atoms with Crippen molar-refractivity contribution >= 4 is 152 Å². The molecule has 134 heavy (non-hydrogen) atoms. The zero-order chi connectivity index (χ0) is 98.5. The summed E-state index contributed by atoms with van der Waals surface area (Å²) in [6.45, 7) is 2.51. The number of hydrogen-bond donors (Lipinski definition) is 19. The Hall–Kier alpha value is -13.6. The Morgan fingerprint density at radius 2 is 1.01 bits per heavy atom. The quantitative estimate of drug-likeness (QED) is 0.0257. The monoisotopic (exact) mass is 1890 g/mol. The average Bonchev–Trinajstić information content (AvgIpc) is 1.55. The number of carboxylic acid groups (broad SMARTS) is 3. The molecule has 3 aliphatic rings. The number of nitrogens with zero attached hydrogens (tertiary/aromatic N) is 5. The normalized spacial score (nSPS) is 24.8. The van der Waals surface area contributed by atoms with Crippen LogP contribution >= 0.6 is 11.8 Å². The van der Waals surface area contributed by atoms with Crippen molar-refractivity contribution in [3.05, 3.63) is 102 Å². The van der Waals surface area contributed by atoms with E-state index in [0.29, 0.717) is 63.1 Å². The summed E-state index contributed by atoms with van der Waals surface area (Å²) in [6, 6.07) is -2.55. The number of nitrogens with one attached hydrogen (secondary N) is 11. The van der Waals surface area contributed by atoms with E-state index in [4.69, 9.17) is 17.2 Å². The van der Waals surface area contributed by atoms with Crippen molar-refractivity contribution in [2.24, 2.45) is 23.1 Å². The number of aliphatic hydroxyl groups excluding tert-OH is 1. The number of carbonyl (C=O) groups excluding carboxylic acids is 17. The summed E-state index contributed by atoms with van der Waals surface area (Å²) in [7, 11) is 3.71. The molecule has 44 nitrogen and oxygen atoms in total. The maximum atomic E-state index is 15.8. The second-order valence-electron chi connectivity index (χ2n) is 33.7. The number of para-hydroxylation sites is 2. The third kappa shape index (κ3) is 29.7. The van der Waals surface area contributed by atoms with Crippen LogP contribution in [0.2, 0.25) is 0 Å². The fourth-order valence-corrected chi connectivity index (χ4v) is 17.2. The molecule has 3 aromatic carbocycles. The van der Waals surface area contributed by atoms with Gasteiger partial charge in [-0.25, -0.2) is 0 Å². The number of aliphatic carboxylic acids is 3. The SMILES string of the molecule is CCCC[C@H]1C(=O)N(C)[C@@H](CCCC)C(=O)N[C@@H](CCC(=O)O)C(=O)N[C@H](C(=O)NCC(N)=O)CSCC(=O)N[C@@H](Cc2ccc(O)cc2)C(=O)N(C)[C@@H](C)C(=O)N[C@@H](CC(N)=O)C(=O)N2CCC[C@H]2C(=O)N[C@@H](CN)C(=O)N[C@@H](CCC(=O)O)C(=O)N2C[C@H](O)C[C@H]2C(=O)C[C@@H](Cc2c[nH]c3ccccc23)C(=O)N[C@@H](CCC(=O)O)C(=O)N[C@@H](Cc2c[nH]c3ccccc23)C(=O)N1C. The van der Waals surface area contributed by atoms with Gasteiger partial charge in [-0.05, 0) is 99.2 Å². The number of hydrogen-bond acceptors (Lipinski definition) is 24. The van der Waals surface area contributed by atoms with Crippen molar-refractivity contribution in [2.45, 2.75) is 234 Å². The standard InChI is InChI=1S/C89H121N19O25S/c1-7-9-20-66-83(127)98-59(28-31-75(117)118)81(125)103-65(79(123)95-43-72(92)113)45-134-46-73(114)96-61(34-48-23-25-52(109)26-24-48)85(129)104(4)47(3)77(121)100-63(39-71(91)112)88(132)107-33-15-22-67(107)84(128)102-64(40-90)82(126)99-60(29-32-76(119)120)87(131)108-44-53(110)38-69(108)70(111)37-49(35-50-41-93-56-18-13-11-16-54(50)56)78(122)97-58(27-30-74(115)116)80(124)101-62(36-51-42-94-57-19-14-12-17-55(51)57)86(130)106(6)68(21-10-8-2)89(133)105(66)5/h11-14,16-19,23-26,41-42,47,49,53,58-69,93-94,109-110H,7-10,15,20-22,27-40,43-46,90H2,1-6H3,(H2,91,112)(H2,92,113)(H,95,123)(H,96,114)(H,97,122)(H,98,127)(H,99,126)(H,100,121)(H,101,124)(H,102,128)(H,103,125)(H,115,116)(H,117,118)(H,119,120)/t47-,49+,53+,58-,59-,60-,61-,62-,63-,64-,65-,66-,67-,68-,69-/m0/s1. The maximum Gasteiger partial charge on any atom is 0.303 e. The number of fused-ring (bicyclic) bond motifs is 4. The number of rotatable bonds is 27. The van der Waals surface area contributed by atoms with Crippen LogP contribution in [-0.4, -0.2) is 322 Å². The van der Waals surface area contributed by atoms with Crippen molar-refractivity contribution in [1.29, 1.82) is 0 Å². The van der Waals surface area contributed by atoms with Crippen LogP contribution in [0, 0.1) is 5.92 Å². The highest BCUT2D eigenvalue weighted by Gasteiger charge is 2.47. The fraction of sp³-hybridized carbons (Fsp3) is 0.528. The number of phenols is 1. The van der Waals surface area contributed by atoms with Gasteiger partial charge in [-0.2, -0.15) is 0 Å². The highest BCUT2D eigenvalue weighted by Crippen LogP contribution is 2.30. The van der Waals surface area contributed by atoms with Crippen LogP contribution in [-0.2, 0) is 115 Å². The number of carbonyl (C=O) groups is 20. The number of thioether (sulfide) groups is 1. The van der Waals surface area contributed by atoms with Crippen LogP contribution < -0.4 is 65.1 Å². The van der Waals surface area contributed by atoms with Gasteiger partial charge in [0.1, 0.15) is 78.3 Å². The molecule has 3 saturated heterocycles. The van der Waals surface area contributed by atoms with E-state index in [1.807, 2.05) is 0 Å². The number of benzene rings is 3. The van der Waals surface area contributed by atoms with Gasteiger partial charge in [-0.15, -0.1) is 11.8 Å². The summed E-state index contributed by atoms with van der Waals surface area (Å²) in [6.07, 6.45) is -4.58. The van der Waals surface area contributed by atoms with Crippen LogP contribution in [0.3, 0.4) is 0 Å². The molecule has 0 aliphatic carbocycles. The van der Waals surface area contributed by atoms with Gasteiger partial charge in [0.25, 0.3) is 0 Å². The molecule has 728 valence electrons.